The fourth-order valence-electron chi connectivity index (χ4n) is 4.54. The van der Waals surface area contributed by atoms with Gasteiger partial charge < -0.3 is 20.3 Å². The summed E-state index contributed by atoms with van der Waals surface area (Å²) in [7, 11) is 0. The number of nitrogens with zero attached hydrogens (tertiary/aromatic N) is 3. The number of benzene rings is 1. The van der Waals surface area contributed by atoms with E-state index in [1.165, 1.54) is 5.69 Å². The third-order valence-electron chi connectivity index (χ3n) is 6.49. The highest BCUT2D eigenvalue weighted by Crippen LogP contribution is 2.27. The molecule has 2 N–H and O–H groups in total. The highest BCUT2D eigenvalue weighted by Gasteiger charge is 2.29. The predicted octanol–water partition coefficient (Wildman–Crippen LogP) is 4.88. The van der Waals surface area contributed by atoms with Gasteiger partial charge in [0.1, 0.15) is 12.4 Å². The number of amides is 1. The molecule has 6 heteroatoms. The summed E-state index contributed by atoms with van der Waals surface area (Å²) in [6.07, 6.45) is 5.60. The lowest BCUT2D eigenvalue weighted by Crippen LogP contribution is -2.51. The maximum Gasteiger partial charge on any atom is 0.239 e. The maximum absolute atomic E-state index is 12.8. The molecule has 0 aliphatic carbocycles. The molecule has 1 aliphatic rings. The average Bonchev–Trinajstić information content (AvgIpc) is 2.83. The monoisotopic (exact) mass is 466 g/mol. The number of pyridine rings is 1. The second kappa shape index (κ2) is 12.7. The van der Waals surface area contributed by atoms with E-state index >= 15 is 0 Å². The number of carbonyl (C=O) groups excluding carboxylic acids is 1. The zero-order valence-corrected chi connectivity index (χ0v) is 21.3. The van der Waals surface area contributed by atoms with Crippen LogP contribution in [-0.4, -0.2) is 47.5 Å². The summed E-state index contributed by atoms with van der Waals surface area (Å²) in [6, 6.07) is 14.3. The minimum atomic E-state index is -0.382. The van der Waals surface area contributed by atoms with Gasteiger partial charge in [-0.1, -0.05) is 33.8 Å². The molecule has 0 saturated carbocycles. The number of ether oxygens (including phenoxy) is 1. The number of rotatable bonds is 11. The molecule has 34 heavy (non-hydrogen) atoms. The van der Waals surface area contributed by atoms with Crippen LogP contribution in [0.25, 0.3) is 0 Å². The van der Waals surface area contributed by atoms with Crippen LogP contribution in [0.3, 0.4) is 0 Å². The van der Waals surface area contributed by atoms with E-state index in [-0.39, 0.29) is 11.9 Å². The van der Waals surface area contributed by atoms with Crippen LogP contribution < -0.4 is 15.4 Å². The Bertz CT molecular complexity index is 862. The van der Waals surface area contributed by atoms with Gasteiger partial charge in [0, 0.05) is 37.6 Å². The molecule has 2 aromatic rings. The third-order valence-corrected chi connectivity index (χ3v) is 6.49. The molecule has 1 fully saturated rings. The van der Waals surface area contributed by atoms with E-state index in [4.69, 9.17) is 10.5 Å². The van der Waals surface area contributed by atoms with E-state index in [1.54, 1.807) is 6.20 Å². The van der Waals surface area contributed by atoms with Gasteiger partial charge in [-0.15, -0.1) is 0 Å². The van der Waals surface area contributed by atoms with Crippen LogP contribution in [0.1, 0.15) is 59.1 Å². The van der Waals surface area contributed by atoms with Crippen molar-refractivity contribution in [2.75, 3.05) is 24.5 Å². The van der Waals surface area contributed by atoms with Crippen molar-refractivity contribution in [1.29, 1.82) is 0 Å². The van der Waals surface area contributed by atoms with E-state index in [2.05, 4.69) is 49.7 Å². The molecular formula is C28H42N4O2. The van der Waals surface area contributed by atoms with Gasteiger partial charge in [0.05, 0.1) is 11.7 Å². The number of carbonyl (C=O) groups is 1. The summed E-state index contributed by atoms with van der Waals surface area (Å²) < 4.78 is 5.92. The van der Waals surface area contributed by atoms with Gasteiger partial charge in [-0.05, 0) is 73.9 Å². The van der Waals surface area contributed by atoms with Crippen molar-refractivity contribution >= 4 is 11.6 Å². The summed E-state index contributed by atoms with van der Waals surface area (Å²) >= 11 is 0. The van der Waals surface area contributed by atoms with Crippen LogP contribution in [0.15, 0.2) is 48.7 Å². The van der Waals surface area contributed by atoms with Crippen LogP contribution in [-0.2, 0) is 11.4 Å². The van der Waals surface area contributed by atoms with Gasteiger partial charge in [-0.2, -0.15) is 0 Å². The first kappa shape index (κ1) is 26.0. The molecule has 1 unspecified atom stereocenters. The average molecular weight is 467 g/mol. The smallest absolute Gasteiger partial charge is 0.239 e. The summed E-state index contributed by atoms with van der Waals surface area (Å²) in [5, 5.41) is 0. The van der Waals surface area contributed by atoms with Crippen molar-refractivity contribution in [3.05, 3.63) is 54.4 Å². The zero-order valence-electron chi connectivity index (χ0n) is 21.3. The first-order valence-corrected chi connectivity index (χ1v) is 12.8. The minimum absolute atomic E-state index is 0.107. The van der Waals surface area contributed by atoms with E-state index in [9.17, 15) is 4.79 Å². The fraction of sp³-hybridized carbons (Fsp3) is 0.571. The lowest BCUT2D eigenvalue weighted by molar-refractivity contribution is -0.134. The molecule has 1 aromatic heterocycles. The van der Waals surface area contributed by atoms with Crippen LogP contribution in [0.2, 0.25) is 0 Å². The lowest BCUT2D eigenvalue weighted by Gasteiger charge is -2.41. The van der Waals surface area contributed by atoms with Gasteiger partial charge in [-0.3, -0.25) is 9.78 Å². The van der Waals surface area contributed by atoms with E-state index in [0.717, 1.165) is 56.8 Å². The third kappa shape index (κ3) is 7.73. The number of piperidine rings is 1. The number of anilines is 1. The minimum Gasteiger partial charge on any atom is -0.487 e. The van der Waals surface area contributed by atoms with Gasteiger partial charge in [0.2, 0.25) is 5.91 Å². The molecule has 1 aromatic carbocycles. The molecule has 1 atom stereocenters. The molecule has 2 heterocycles. The highest BCUT2D eigenvalue weighted by molar-refractivity contribution is 5.81. The molecule has 1 saturated heterocycles. The van der Waals surface area contributed by atoms with Crippen LogP contribution >= 0.6 is 0 Å². The predicted molar refractivity (Wildman–Crippen MR) is 139 cm³/mol. The second-order valence-corrected chi connectivity index (χ2v) is 10.3. The summed E-state index contributed by atoms with van der Waals surface area (Å²) in [6.45, 7) is 11.8. The van der Waals surface area contributed by atoms with Crippen LogP contribution in [0, 0.1) is 11.8 Å². The molecule has 186 valence electrons. The molecule has 1 aliphatic heterocycles. The van der Waals surface area contributed by atoms with Gasteiger partial charge in [0.25, 0.3) is 0 Å². The van der Waals surface area contributed by atoms with E-state index in [1.807, 2.05) is 35.2 Å². The van der Waals surface area contributed by atoms with Gasteiger partial charge >= 0.3 is 0 Å². The maximum atomic E-state index is 12.8. The van der Waals surface area contributed by atoms with Crippen molar-refractivity contribution in [3.63, 3.8) is 0 Å². The van der Waals surface area contributed by atoms with Crippen LogP contribution in [0.5, 0.6) is 5.75 Å². The Labute approximate surface area is 205 Å². The van der Waals surface area contributed by atoms with Gasteiger partial charge in [-0.25, -0.2) is 0 Å². The van der Waals surface area contributed by atoms with Crippen molar-refractivity contribution in [2.45, 2.75) is 72.1 Å². The first-order chi connectivity index (χ1) is 16.3. The Morgan fingerprint density at radius 2 is 1.79 bits per heavy atom. The Balaban J connectivity index is 1.61. The molecule has 0 radical (unpaired) electrons. The molecule has 1 amide bonds. The normalized spacial score (nSPS) is 15.6. The van der Waals surface area contributed by atoms with Crippen molar-refractivity contribution in [2.24, 2.45) is 17.6 Å². The number of hydrogen-bond donors (Lipinski definition) is 1. The Kier molecular flexibility index (Phi) is 9.75. The highest BCUT2D eigenvalue weighted by atomic mass is 16.5. The molecule has 0 spiro atoms. The summed E-state index contributed by atoms with van der Waals surface area (Å²) in [4.78, 5) is 21.6. The second-order valence-electron chi connectivity index (χ2n) is 10.3. The van der Waals surface area contributed by atoms with E-state index < -0.39 is 0 Å². The lowest BCUT2D eigenvalue weighted by atomic mass is 9.98. The molecule has 3 rings (SSSR count). The summed E-state index contributed by atoms with van der Waals surface area (Å²) in [5.74, 6) is 2.02. The molecule has 6 nitrogen and oxygen atoms in total. The zero-order chi connectivity index (χ0) is 24.5. The number of aromatic nitrogens is 1. The number of likely N-dealkylation sites (tertiary alicyclic amines) is 1. The standard InChI is InChI=1S/C28H42N4O2/c1-21(2)12-18-32(25-13-16-31(17-14-25)28(33)27(29)19-22(3)4)24-8-10-26(11-9-24)34-20-23-7-5-6-15-30-23/h5-11,15,21-22,25,27H,12-14,16-20,29H2,1-4H3. The SMILES string of the molecule is CC(C)CCN(c1ccc(OCc2ccccn2)cc1)C1CCN(C(=O)C(N)CC(C)C)CC1. The number of nitrogens with two attached hydrogens (primary N) is 1. The number of hydrogen-bond acceptors (Lipinski definition) is 5. The molecular weight excluding hydrogens is 424 g/mol. The Morgan fingerprint density at radius 1 is 1.09 bits per heavy atom. The first-order valence-electron chi connectivity index (χ1n) is 12.8. The van der Waals surface area contributed by atoms with Gasteiger partial charge in [0.15, 0.2) is 0 Å². The largest absolute Gasteiger partial charge is 0.487 e. The fourth-order valence-corrected chi connectivity index (χ4v) is 4.54. The van der Waals surface area contributed by atoms with E-state index in [0.29, 0.717) is 24.5 Å². The quantitative estimate of drug-likeness (QED) is 0.511. The Hall–Kier alpha value is -2.60. The van der Waals surface area contributed by atoms with Crippen molar-refractivity contribution in [3.8, 4) is 5.75 Å². The van der Waals surface area contributed by atoms with Crippen LogP contribution in [0.4, 0.5) is 5.69 Å². The van der Waals surface area contributed by atoms with Crippen molar-refractivity contribution < 1.29 is 9.53 Å². The van der Waals surface area contributed by atoms with Crippen molar-refractivity contribution in [1.82, 2.24) is 9.88 Å². The Morgan fingerprint density at radius 3 is 2.38 bits per heavy atom. The summed E-state index contributed by atoms with van der Waals surface area (Å²) in [5.41, 5.74) is 8.31. The molecule has 0 bridgehead atoms. The topological polar surface area (TPSA) is 71.7 Å².